The van der Waals surface area contributed by atoms with E-state index in [4.69, 9.17) is 23.2 Å². The molecule has 0 saturated heterocycles. The number of imidazole rings is 1. The highest BCUT2D eigenvalue weighted by atomic mass is 35.5. The lowest BCUT2D eigenvalue weighted by Crippen LogP contribution is -2.34. The van der Waals surface area contributed by atoms with Crippen LogP contribution in [0.15, 0.2) is 83.5 Å². The number of halogens is 2. The maximum atomic E-state index is 13.3. The third-order valence-electron chi connectivity index (χ3n) is 5.25. The summed E-state index contributed by atoms with van der Waals surface area (Å²) in [4.78, 5) is 27.6. The number of benzene rings is 3. The Hall–Kier alpha value is -3.41. The highest BCUT2D eigenvalue weighted by Crippen LogP contribution is 2.26. The van der Waals surface area contributed by atoms with Crippen molar-refractivity contribution in [3.8, 4) is 0 Å². The van der Waals surface area contributed by atoms with Gasteiger partial charge in [0.1, 0.15) is 17.4 Å². The average molecular weight is 461 g/mol. The van der Waals surface area contributed by atoms with Crippen LogP contribution in [0.25, 0.3) is 17.1 Å². The predicted octanol–water partition coefficient (Wildman–Crippen LogP) is 5.74. The van der Waals surface area contributed by atoms with Crippen LogP contribution in [0.5, 0.6) is 0 Å². The zero-order valence-electron chi connectivity index (χ0n) is 16.9. The van der Waals surface area contributed by atoms with E-state index in [0.29, 0.717) is 40.1 Å². The Labute approximate surface area is 195 Å². The first-order valence-electron chi connectivity index (χ1n) is 10.1. The summed E-state index contributed by atoms with van der Waals surface area (Å²) in [5, 5.41) is 1.18. The van der Waals surface area contributed by atoms with Crippen molar-refractivity contribution >= 4 is 52.1 Å². The fraction of sp³-hybridized carbons (Fsp3) is 0.0800. The van der Waals surface area contributed by atoms with Crippen molar-refractivity contribution in [2.45, 2.75) is 6.42 Å². The number of nitrogens with zero attached hydrogens (tertiary/aromatic N) is 3. The van der Waals surface area contributed by atoms with Gasteiger partial charge in [-0.1, -0.05) is 59.6 Å². The second-order valence-corrected chi connectivity index (χ2v) is 8.25. The number of hydrogen-bond donors (Lipinski definition) is 1. The summed E-state index contributed by atoms with van der Waals surface area (Å²) in [6.07, 6.45) is 2.31. The molecule has 2 heterocycles. The average Bonchev–Trinajstić information content (AvgIpc) is 3.35. The molecule has 0 aliphatic carbocycles. The highest BCUT2D eigenvalue weighted by Gasteiger charge is 2.32. The molecule has 0 atom stereocenters. The maximum absolute atomic E-state index is 13.3. The first kappa shape index (κ1) is 20.5. The van der Waals surface area contributed by atoms with E-state index in [1.165, 1.54) is 0 Å². The molecule has 1 aliphatic heterocycles. The number of carbonyl (C=O) groups excluding carboxylic acids is 1. The molecule has 1 amide bonds. The number of fused-ring (bicyclic) bond motifs is 1. The normalized spacial score (nSPS) is 15.1. The van der Waals surface area contributed by atoms with Gasteiger partial charge in [-0.15, -0.1) is 0 Å². The highest BCUT2D eigenvalue weighted by molar-refractivity contribution is 6.35. The summed E-state index contributed by atoms with van der Waals surface area (Å²) in [6, 6.07) is 22.5. The molecule has 0 spiro atoms. The molecule has 0 saturated carbocycles. The molecule has 3 aromatic carbocycles. The number of H-pyrrole nitrogens is 1. The molecule has 0 fully saturated rings. The zero-order chi connectivity index (χ0) is 22.1. The minimum absolute atomic E-state index is 0.175. The van der Waals surface area contributed by atoms with Crippen molar-refractivity contribution in [1.29, 1.82) is 0 Å². The second-order valence-electron chi connectivity index (χ2n) is 7.40. The number of amides is 1. The van der Waals surface area contributed by atoms with Crippen LogP contribution in [0.3, 0.4) is 0 Å². The fourth-order valence-electron chi connectivity index (χ4n) is 3.66. The number of rotatable bonds is 5. The van der Waals surface area contributed by atoms with Gasteiger partial charge in [0.15, 0.2) is 0 Å². The summed E-state index contributed by atoms with van der Waals surface area (Å²) < 4.78 is 0. The van der Waals surface area contributed by atoms with Gasteiger partial charge in [-0.25, -0.2) is 9.98 Å². The molecule has 4 aromatic rings. The third-order valence-corrected chi connectivity index (χ3v) is 5.83. The largest absolute Gasteiger partial charge is 0.342 e. The van der Waals surface area contributed by atoms with Crippen molar-refractivity contribution in [2.24, 2.45) is 4.99 Å². The predicted molar refractivity (Wildman–Crippen MR) is 129 cm³/mol. The number of hydrogen-bond acceptors (Lipinski definition) is 3. The summed E-state index contributed by atoms with van der Waals surface area (Å²) in [5.41, 5.74) is 3.79. The van der Waals surface area contributed by atoms with Crippen molar-refractivity contribution in [2.75, 3.05) is 6.54 Å². The number of nitrogens with one attached hydrogen (secondary N) is 1. The van der Waals surface area contributed by atoms with E-state index in [9.17, 15) is 4.79 Å². The number of aromatic nitrogens is 2. The third kappa shape index (κ3) is 4.05. The van der Waals surface area contributed by atoms with E-state index in [-0.39, 0.29) is 5.91 Å². The first-order chi connectivity index (χ1) is 15.6. The summed E-state index contributed by atoms with van der Waals surface area (Å²) in [5.74, 6) is 1.18. The molecule has 158 valence electrons. The molecule has 5 rings (SSSR count). The van der Waals surface area contributed by atoms with E-state index < -0.39 is 0 Å². The Balaban J connectivity index is 1.47. The molecular weight excluding hydrogens is 443 g/mol. The number of amidine groups is 1. The topological polar surface area (TPSA) is 61.4 Å². The van der Waals surface area contributed by atoms with E-state index in [0.717, 1.165) is 22.4 Å². The standard InChI is InChI=1S/C25H18Cl2N4O/c26-17-11-9-16(10-12-17)15-22-25(32)31(24(30-22)18-5-1-2-6-19(18)27)14-13-23-28-20-7-3-4-8-21(20)29-23/h1-12,15H,13-14H2,(H,28,29)/b22-15-. The lowest BCUT2D eigenvalue weighted by Gasteiger charge is -2.18. The number of aromatic amines is 1. The van der Waals surface area contributed by atoms with Crippen molar-refractivity contribution in [3.63, 3.8) is 0 Å². The zero-order valence-corrected chi connectivity index (χ0v) is 18.4. The van der Waals surface area contributed by atoms with Crippen LogP contribution in [-0.2, 0) is 11.2 Å². The first-order valence-corrected chi connectivity index (χ1v) is 10.9. The van der Waals surface area contributed by atoms with Crippen LogP contribution < -0.4 is 0 Å². The second kappa shape index (κ2) is 8.61. The SMILES string of the molecule is O=C1/C(=C/c2ccc(Cl)cc2)N=C(c2ccccc2Cl)N1CCc1nc2ccccc2[nH]1. The van der Waals surface area contributed by atoms with Crippen LogP contribution in [0.2, 0.25) is 10.0 Å². The van der Waals surface area contributed by atoms with Crippen LogP contribution in [0.1, 0.15) is 17.0 Å². The molecule has 1 aliphatic rings. The van der Waals surface area contributed by atoms with Crippen molar-refractivity contribution < 1.29 is 4.79 Å². The molecular formula is C25H18Cl2N4O. The summed E-state index contributed by atoms with van der Waals surface area (Å²) in [6.45, 7) is 0.417. The number of carbonyl (C=O) groups is 1. The maximum Gasteiger partial charge on any atom is 0.278 e. The lowest BCUT2D eigenvalue weighted by atomic mass is 10.2. The summed E-state index contributed by atoms with van der Waals surface area (Å²) >= 11 is 12.4. The van der Waals surface area contributed by atoms with Gasteiger partial charge in [0, 0.05) is 23.6 Å². The molecule has 0 radical (unpaired) electrons. The van der Waals surface area contributed by atoms with Gasteiger partial charge in [0.2, 0.25) is 0 Å². The van der Waals surface area contributed by atoms with Crippen LogP contribution in [0, 0.1) is 0 Å². The minimum Gasteiger partial charge on any atom is -0.342 e. The Morgan fingerprint density at radius 3 is 2.47 bits per heavy atom. The number of para-hydroxylation sites is 2. The molecule has 0 unspecified atom stereocenters. The van der Waals surface area contributed by atoms with Crippen LogP contribution >= 0.6 is 23.2 Å². The van der Waals surface area contributed by atoms with Crippen LogP contribution in [0.4, 0.5) is 0 Å². The smallest absolute Gasteiger partial charge is 0.278 e. The molecule has 0 bridgehead atoms. The molecule has 32 heavy (non-hydrogen) atoms. The van der Waals surface area contributed by atoms with E-state index in [1.54, 1.807) is 29.2 Å². The quantitative estimate of drug-likeness (QED) is 0.385. The van der Waals surface area contributed by atoms with Gasteiger partial charge in [-0.2, -0.15) is 0 Å². The Bertz CT molecular complexity index is 1340. The van der Waals surface area contributed by atoms with Gasteiger partial charge in [0.05, 0.1) is 16.1 Å². The monoisotopic (exact) mass is 460 g/mol. The van der Waals surface area contributed by atoms with E-state index in [1.807, 2.05) is 54.6 Å². The summed E-state index contributed by atoms with van der Waals surface area (Å²) in [7, 11) is 0. The molecule has 7 heteroatoms. The van der Waals surface area contributed by atoms with Crippen LogP contribution in [-0.4, -0.2) is 33.2 Å². The van der Waals surface area contributed by atoms with Crippen molar-refractivity contribution in [1.82, 2.24) is 14.9 Å². The van der Waals surface area contributed by atoms with Gasteiger partial charge in [-0.05, 0) is 48.0 Å². The molecule has 1 N–H and O–H groups in total. The minimum atomic E-state index is -0.175. The Morgan fingerprint density at radius 1 is 0.938 bits per heavy atom. The van der Waals surface area contributed by atoms with Crippen molar-refractivity contribution in [3.05, 3.63) is 105 Å². The lowest BCUT2D eigenvalue weighted by molar-refractivity contribution is -0.122. The van der Waals surface area contributed by atoms with E-state index in [2.05, 4.69) is 15.0 Å². The van der Waals surface area contributed by atoms with Gasteiger partial charge in [-0.3, -0.25) is 9.69 Å². The Kier molecular flexibility index (Phi) is 5.52. The van der Waals surface area contributed by atoms with Gasteiger partial charge >= 0.3 is 0 Å². The number of aliphatic imine (C=N–C) groups is 1. The molecule has 5 nitrogen and oxygen atoms in total. The molecule has 1 aromatic heterocycles. The Morgan fingerprint density at radius 2 is 1.69 bits per heavy atom. The van der Waals surface area contributed by atoms with Gasteiger partial charge in [0.25, 0.3) is 5.91 Å². The van der Waals surface area contributed by atoms with E-state index >= 15 is 0 Å². The van der Waals surface area contributed by atoms with Gasteiger partial charge < -0.3 is 4.98 Å². The fourth-order valence-corrected chi connectivity index (χ4v) is 4.01.